The van der Waals surface area contributed by atoms with Crippen LogP contribution in [0.3, 0.4) is 0 Å². The van der Waals surface area contributed by atoms with Gasteiger partial charge in [0.2, 0.25) is 0 Å². The van der Waals surface area contributed by atoms with E-state index in [0.717, 1.165) is 22.3 Å². The summed E-state index contributed by atoms with van der Waals surface area (Å²) in [6.07, 6.45) is 10.8. The molecule has 0 aromatic heterocycles. The van der Waals surface area contributed by atoms with Crippen molar-refractivity contribution >= 4 is 46.3 Å². The number of rotatable bonds is 0. The molecule has 0 fully saturated rings. The molecule has 6 aliphatic carbocycles. The molecule has 88 heavy (non-hydrogen) atoms. The molecule has 0 unspecified atom stereocenters. The number of Topliss-reactive ketones (excluding diaryl/α,β-unsaturated/α-hetero) is 4. The fourth-order valence-corrected chi connectivity index (χ4v) is 12.7. The Bertz CT molecular complexity index is 3360. The second-order valence-corrected chi connectivity index (χ2v) is 28.6. The highest BCUT2D eigenvalue weighted by Gasteiger charge is 2.35. The van der Waals surface area contributed by atoms with Gasteiger partial charge in [-0.25, -0.2) is 0 Å². The highest BCUT2D eigenvalue weighted by atomic mass is 16.5. The third-order valence-corrected chi connectivity index (χ3v) is 17.5. The maximum absolute atomic E-state index is 15.2. The number of ether oxygens (including phenoxy) is 4. The van der Waals surface area contributed by atoms with E-state index in [1.807, 2.05) is 48.5 Å². The minimum absolute atomic E-state index is 0.0278. The van der Waals surface area contributed by atoms with Gasteiger partial charge in [-0.2, -0.15) is 0 Å². The van der Waals surface area contributed by atoms with E-state index >= 15 is 19.2 Å². The van der Waals surface area contributed by atoms with Crippen molar-refractivity contribution in [2.75, 3.05) is 26.4 Å². The monoisotopic (exact) mass is 1180 g/mol. The predicted molar refractivity (Wildman–Crippen MR) is 337 cm³/mol. The average molecular weight is 1180 g/mol. The number of ketones is 8. The summed E-state index contributed by atoms with van der Waals surface area (Å²) in [4.78, 5) is 117. The Balaban J connectivity index is 1.16. The van der Waals surface area contributed by atoms with E-state index in [1.165, 1.54) is 48.6 Å². The first-order valence-corrected chi connectivity index (χ1v) is 30.5. The summed E-state index contributed by atoms with van der Waals surface area (Å²) in [6.45, 7) is 24.2. The van der Waals surface area contributed by atoms with E-state index in [0.29, 0.717) is 67.5 Å². The summed E-state index contributed by atoms with van der Waals surface area (Å²) in [7, 11) is 0. The number of allylic oxidation sites excluding steroid dienone is 16. The third-order valence-electron chi connectivity index (χ3n) is 17.5. The molecule has 4 aromatic rings. The van der Waals surface area contributed by atoms with Gasteiger partial charge in [-0.1, -0.05) is 132 Å². The number of fused-ring (bicyclic) bond motifs is 4. The molecule has 452 valence electrons. The molecule has 0 saturated heterocycles. The smallest absolute Gasteiger partial charge is 0.185 e. The van der Waals surface area contributed by atoms with Crippen LogP contribution in [-0.4, -0.2) is 72.7 Å². The molecule has 0 saturated carbocycles. The van der Waals surface area contributed by atoms with Crippen LogP contribution in [0, 0.1) is 0 Å². The molecule has 0 N–H and O–H groups in total. The van der Waals surface area contributed by atoms with Crippen molar-refractivity contribution in [3.05, 3.63) is 208 Å². The van der Waals surface area contributed by atoms with Gasteiger partial charge in [-0.3, -0.25) is 38.4 Å². The second-order valence-electron chi connectivity index (χ2n) is 28.6. The Kier molecular flexibility index (Phi) is 15.8. The second kappa shape index (κ2) is 22.8. The lowest BCUT2D eigenvalue weighted by Gasteiger charge is -2.28. The van der Waals surface area contributed by atoms with Crippen LogP contribution in [0.5, 0.6) is 23.0 Å². The molecule has 1 heterocycles. The van der Waals surface area contributed by atoms with Crippen LogP contribution in [0.15, 0.2) is 142 Å². The van der Waals surface area contributed by atoms with Gasteiger partial charge in [0.05, 0.1) is 0 Å². The van der Waals surface area contributed by atoms with Crippen LogP contribution >= 0.6 is 0 Å². The van der Waals surface area contributed by atoms with E-state index in [9.17, 15) is 19.2 Å². The number of hydrogen-bond donors (Lipinski definition) is 0. The van der Waals surface area contributed by atoms with Crippen molar-refractivity contribution in [2.24, 2.45) is 0 Å². The Labute approximate surface area is 515 Å². The molecule has 12 heteroatoms. The maximum Gasteiger partial charge on any atom is 0.185 e. The summed E-state index contributed by atoms with van der Waals surface area (Å²) in [5.41, 5.74) is 8.13. The SMILES string of the molecule is CC(C)(C)c1cc2c3c(c1)CC1=CC(=O)C=C(Cc4cc(C(C)(C)C)cc(c4OCCOc4c5cc(C(C)(C)C)cc4CC4=CC(=O)C=C(Cc6cc(C(C)(C)C)cc(c6OCCO3)CC3=CC(=O)C=C(C5)C3=O)C4=O)CC3=CC(=O)C=C(C2)C3=O)C1=O. The summed E-state index contributed by atoms with van der Waals surface area (Å²) >= 11 is 0. The van der Waals surface area contributed by atoms with E-state index in [2.05, 4.69) is 83.1 Å². The molecule has 4 aromatic carbocycles. The van der Waals surface area contributed by atoms with Crippen LogP contribution in [0.1, 0.15) is 150 Å². The van der Waals surface area contributed by atoms with Crippen LogP contribution in [-0.2, 0) is 111 Å². The van der Waals surface area contributed by atoms with E-state index in [1.54, 1.807) is 0 Å². The first-order chi connectivity index (χ1) is 41.3. The van der Waals surface area contributed by atoms with Crippen molar-refractivity contribution < 1.29 is 57.3 Å². The van der Waals surface area contributed by atoms with Gasteiger partial charge in [0.25, 0.3) is 0 Å². The summed E-state index contributed by atoms with van der Waals surface area (Å²) in [6, 6.07) is 15.7. The molecule has 0 spiro atoms. The Hall–Kier alpha value is -8.64. The fourth-order valence-electron chi connectivity index (χ4n) is 12.7. The summed E-state index contributed by atoms with van der Waals surface area (Å²) < 4.78 is 27.7. The molecular formula is C76H76O12. The van der Waals surface area contributed by atoms with Crippen molar-refractivity contribution in [2.45, 2.75) is 156 Å². The largest absolute Gasteiger partial charge is 0.489 e. The molecule has 1 aliphatic heterocycles. The zero-order valence-corrected chi connectivity index (χ0v) is 52.6. The van der Waals surface area contributed by atoms with E-state index < -0.39 is 21.7 Å². The standard InChI is InChI=1S/C76H76O12/c1-73(2,3)57-25-49-17-41-33-61(77)35-43(65(41)81)19-51-27-58(74(4,5)6)28-52-20-44-36-62(78)34-42(66(44)82)18-50(26-57)69(49)85-13-14-86-70-53-21-45-37-63(79)39-47(67(45)83)23-55-31-60(76(10,11)12)32-56(72(55)88-16-15-87-71(51)52)24-48-40-64(80)38-46(68(48)84)22-54(70)30-59(29-53)75(7,8)9/h25-40H,13-24H2,1-12H3. The van der Waals surface area contributed by atoms with Gasteiger partial charge < -0.3 is 18.9 Å². The zero-order valence-electron chi connectivity index (χ0n) is 52.6. The van der Waals surface area contributed by atoms with Gasteiger partial charge in [-0.15, -0.1) is 0 Å². The topological polar surface area (TPSA) is 173 Å². The Morgan fingerprint density at radius 3 is 0.500 bits per heavy atom. The summed E-state index contributed by atoms with van der Waals surface area (Å²) in [5.74, 6) is -1.24. The lowest BCUT2D eigenvalue weighted by atomic mass is 9.79. The predicted octanol–water partition coefficient (Wildman–Crippen LogP) is 11.9. The lowest BCUT2D eigenvalue weighted by Crippen LogP contribution is -2.24. The Morgan fingerprint density at radius 1 is 0.239 bits per heavy atom. The highest BCUT2D eigenvalue weighted by Crippen LogP contribution is 2.43. The van der Waals surface area contributed by atoms with Crippen molar-refractivity contribution in [1.82, 2.24) is 0 Å². The van der Waals surface area contributed by atoms with Crippen LogP contribution in [0.25, 0.3) is 0 Å². The first-order valence-electron chi connectivity index (χ1n) is 30.5. The van der Waals surface area contributed by atoms with Crippen LogP contribution < -0.4 is 18.9 Å². The van der Waals surface area contributed by atoms with Crippen LogP contribution in [0.2, 0.25) is 0 Å². The maximum atomic E-state index is 15.2. The third kappa shape index (κ3) is 12.6. The number of hydrogen-bond acceptors (Lipinski definition) is 12. The number of carbonyl (C=O) groups is 8. The minimum atomic E-state index is -0.462. The quantitative estimate of drug-likeness (QED) is 0.153. The van der Waals surface area contributed by atoms with Gasteiger partial charge in [0.15, 0.2) is 46.3 Å². The first kappa shape index (κ1) is 61.0. The lowest BCUT2D eigenvalue weighted by molar-refractivity contribution is -0.115. The van der Waals surface area contributed by atoms with Gasteiger partial charge in [-0.05, 0) is 137 Å². The molecule has 12 nitrogen and oxygen atoms in total. The Morgan fingerprint density at radius 2 is 0.375 bits per heavy atom. The van der Waals surface area contributed by atoms with Gasteiger partial charge in [0.1, 0.15) is 49.4 Å². The minimum Gasteiger partial charge on any atom is -0.489 e. The normalized spacial score (nSPS) is 18.8. The molecule has 20 bridgehead atoms. The van der Waals surface area contributed by atoms with E-state index in [-0.39, 0.29) is 169 Å². The van der Waals surface area contributed by atoms with Gasteiger partial charge in [0, 0.05) is 96.0 Å². The molecule has 0 radical (unpaired) electrons. The average Bonchev–Trinajstić information content (AvgIpc) is 1.48. The van der Waals surface area contributed by atoms with Gasteiger partial charge >= 0.3 is 0 Å². The summed E-state index contributed by atoms with van der Waals surface area (Å²) in [5, 5.41) is 0. The van der Waals surface area contributed by atoms with Crippen molar-refractivity contribution in [3.8, 4) is 23.0 Å². The van der Waals surface area contributed by atoms with E-state index in [4.69, 9.17) is 18.9 Å². The fraction of sp³-hybridized carbons (Fsp3) is 0.368. The molecule has 11 rings (SSSR count). The van der Waals surface area contributed by atoms with Crippen LogP contribution in [0.4, 0.5) is 0 Å². The molecular weight excluding hydrogens is 1100 g/mol. The molecule has 0 amide bonds. The zero-order chi connectivity index (χ0) is 63.1. The number of carbonyl (C=O) groups excluding carboxylic acids is 8. The molecule has 7 aliphatic rings. The highest BCUT2D eigenvalue weighted by molar-refractivity contribution is 6.23. The van der Waals surface area contributed by atoms with Crippen molar-refractivity contribution in [1.29, 1.82) is 0 Å². The molecule has 0 atom stereocenters. The van der Waals surface area contributed by atoms with Crippen molar-refractivity contribution in [3.63, 3.8) is 0 Å². The number of benzene rings is 4.